The molecule has 0 rings (SSSR count). The Kier molecular flexibility index (Phi) is 39.1. The number of hydrogen-bond donors (Lipinski definition) is 2. The zero-order chi connectivity index (χ0) is 35.1. The maximum Gasteiger partial charge on any atom is 0.324 e. The van der Waals surface area contributed by atoms with Crippen molar-refractivity contribution in [3.63, 3.8) is 0 Å². The van der Waals surface area contributed by atoms with Crippen LogP contribution in [0.15, 0.2) is 0 Å². The predicted octanol–water partition coefficient (Wildman–Crippen LogP) is 2.51. The summed E-state index contributed by atoms with van der Waals surface area (Å²) in [5, 5.41) is 2.88. The van der Waals surface area contributed by atoms with Gasteiger partial charge in [0, 0.05) is 26.7 Å². The van der Waals surface area contributed by atoms with E-state index in [0.717, 1.165) is 38.7 Å². The molecule has 0 aromatic carbocycles. The molecule has 0 aliphatic heterocycles. The normalized spacial score (nSPS) is 12.8. The first kappa shape index (κ1) is 47.6. The van der Waals surface area contributed by atoms with Crippen molar-refractivity contribution in [2.24, 2.45) is 0 Å². The lowest BCUT2D eigenvalue weighted by Crippen LogP contribution is -2.25. The van der Waals surface area contributed by atoms with E-state index in [-0.39, 0.29) is 5.91 Å². The van der Waals surface area contributed by atoms with E-state index in [1.807, 2.05) is 0 Å². The summed E-state index contributed by atoms with van der Waals surface area (Å²) in [6, 6.07) is 0. The van der Waals surface area contributed by atoms with Gasteiger partial charge < -0.3 is 66.6 Å². The second-order valence-electron chi connectivity index (χ2n) is 10.1. The van der Waals surface area contributed by atoms with Crippen LogP contribution in [0, 0.1) is 0 Å². The van der Waals surface area contributed by atoms with E-state index in [4.69, 9.17) is 68.2 Å². The number of carbonyl (C=O) groups is 1. The summed E-state index contributed by atoms with van der Waals surface area (Å²) in [6.07, 6.45) is 4.87. The second-order valence-corrected chi connectivity index (χ2v) is 13.1. The van der Waals surface area contributed by atoms with Crippen LogP contribution >= 0.6 is 6.72 Å². The average Bonchev–Trinajstić information content (AvgIpc) is 3.08. The number of rotatable bonds is 41. The highest BCUT2D eigenvalue weighted by molar-refractivity contribution is 8.07. The van der Waals surface area contributed by atoms with Crippen LogP contribution in [0.5, 0.6) is 0 Å². The molecule has 0 bridgehead atoms. The van der Waals surface area contributed by atoms with Gasteiger partial charge in [-0.15, -0.1) is 0 Å². The Bertz CT molecular complexity index is 716. The fraction of sp³-hybridized carbons (Fsp3) is 0.968. The van der Waals surface area contributed by atoms with E-state index in [0.29, 0.717) is 145 Å². The van der Waals surface area contributed by atoms with Crippen molar-refractivity contribution in [3.8, 4) is 0 Å². The zero-order valence-corrected chi connectivity index (χ0v) is 31.1. The summed E-state index contributed by atoms with van der Waals surface area (Å²) >= 11 is 4.76. The molecule has 288 valence electrons. The van der Waals surface area contributed by atoms with Crippen LogP contribution in [0.2, 0.25) is 0 Å². The molecule has 0 aromatic rings. The Labute approximate surface area is 293 Å². The van der Waals surface area contributed by atoms with Gasteiger partial charge in [-0.2, -0.15) is 0 Å². The molecule has 1 atom stereocenters. The predicted molar refractivity (Wildman–Crippen MR) is 184 cm³/mol. The Morgan fingerprint density at radius 3 is 1.21 bits per heavy atom. The van der Waals surface area contributed by atoms with Crippen LogP contribution in [0.1, 0.15) is 45.4 Å². The average molecular weight is 738 g/mol. The number of ether oxygens (including phenoxy) is 10. The van der Waals surface area contributed by atoms with Gasteiger partial charge in [-0.1, -0.05) is 19.8 Å². The minimum Gasteiger partial charge on any atom is -0.379 e. The van der Waals surface area contributed by atoms with E-state index in [2.05, 4.69) is 12.2 Å². The van der Waals surface area contributed by atoms with Crippen molar-refractivity contribution in [1.82, 2.24) is 5.32 Å². The van der Waals surface area contributed by atoms with E-state index in [1.165, 1.54) is 7.11 Å². The SMILES string of the molecule is CCCOCCOCCOCCOCCOCCOCCOCCOCCOCCOCCC(=O)NCCCCCCOP(O)(=S)OC. The van der Waals surface area contributed by atoms with E-state index in [1.54, 1.807) is 0 Å². The maximum absolute atomic E-state index is 11.8. The van der Waals surface area contributed by atoms with Gasteiger partial charge >= 0.3 is 6.72 Å². The molecule has 1 unspecified atom stereocenters. The van der Waals surface area contributed by atoms with Crippen LogP contribution in [0.25, 0.3) is 0 Å². The van der Waals surface area contributed by atoms with Gasteiger partial charge in [0.2, 0.25) is 5.91 Å². The van der Waals surface area contributed by atoms with Gasteiger partial charge in [0.25, 0.3) is 0 Å². The van der Waals surface area contributed by atoms with Crippen molar-refractivity contribution in [1.29, 1.82) is 0 Å². The van der Waals surface area contributed by atoms with Gasteiger partial charge in [0.1, 0.15) is 0 Å². The van der Waals surface area contributed by atoms with Crippen LogP contribution in [0.4, 0.5) is 0 Å². The smallest absolute Gasteiger partial charge is 0.324 e. The van der Waals surface area contributed by atoms with Crippen LogP contribution in [-0.4, -0.2) is 163 Å². The van der Waals surface area contributed by atoms with Gasteiger partial charge in [-0.05, 0) is 31.1 Å². The highest BCUT2D eigenvalue weighted by Gasteiger charge is 2.11. The van der Waals surface area contributed by atoms with E-state index < -0.39 is 6.72 Å². The van der Waals surface area contributed by atoms with Crippen LogP contribution in [-0.2, 0) is 73.0 Å². The molecule has 0 aliphatic rings. The highest BCUT2D eigenvalue weighted by Crippen LogP contribution is 2.42. The Hall–Kier alpha value is -0.400. The van der Waals surface area contributed by atoms with Crippen LogP contribution < -0.4 is 5.32 Å². The minimum atomic E-state index is -3.05. The number of amides is 1. The summed E-state index contributed by atoms with van der Waals surface area (Å²) in [5.74, 6) is -0.0333. The summed E-state index contributed by atoms with van der Waals surface area (Å²) in [7, 11) is 1.34. The molecule has 2 N–H and O–H groups in total. The third-order valence-corrected chi connectivity index (χ3v) is 7.78. The van der Waals surface area contributed by atoms with Crippen molar-refractivity contribution < 1.29 is 66.1 Å². The standard InChI is InChI=1S/C31H64NO14PS/c1-3-10-36-13-15-38-17-19-40-21-23-42-25-27-44-29-30-45-28-26-43-24-22-41-20-18-39-16-14-37-12-8-31(33)32-9-6-4-5-7-11-46-47(34,48)35-2/h3-30H2,1-2H3,(H,32,33)(H,34,48). The molecule has 0 aliphatic carbocycles. The topological polar surface area (TPSA) is 160 Å². The van der Waals surface area contributed by atoms with Crippen molar-refractivity contribution >= 4 is 24.4 Å². The molecule has 48 heavy (non-hydrogen) atoms. The highest BCUT2D eigenvalue weighted by atomic mass is 32.5. The number of unbranched alkanes of at least 4 members (excludes halogenated alkanes) is 3. The number of hydrogen-bond acceptors (Lipinski definition) is 14. The van der Waals surface area contributed by atoms with Gasteiger partial charge in [0.15, 0.2) is 0 Å². The molecule has 0 saturated carbocycles. The second kappa shape index (κ2) is 39.4. The summed E-state index contributed by atoms with van der Waals surface area (Å²) in [4.78, 5) is 21.3. The first-order valence-corrected chi connectivity index (χ1v) is 19.7. The van der Waals surface area contributed by atoms with E-state index in [9.17, 15) is 9.69 Å². The molecule has 0 saturated heterocycles. The molecule has 17 heteroatoms. The summed E-state index contributed by atoms with van der Waals surface area (Å²) < 4.78 is 64.2. The zero-order valence-electron chi connectivity index (χ0n) is 29.4. The largest absolute Gasteiger partial charge is 0.379 e. The molecular formula is C31H64NO14PS. The molecule has 0 aromatic heterocycles. The van der Waals surface area contributed by atoms with Crippen molar-refractivity contribution in [2.75, 3.05) is 152 Å². The van der Waals surface area contributed by atoms with E-state index >= 15 is 0 Å². The third kappa shape index (κ3) is 40.0. The molecule has 0 spiro atoms. The molecule has 0 fully saturated rings. The quantitative estimate of drug-likeness (QED) is 0.0696. The molecular weight excluding hydrogens is 673 g/mol. The third-order valence-electron chi connectivity index (χ3n) is 6.05. The lowest BCUT2D eigenvalue weighted by Gasteiger charge is -2.12. The van der Waals surface area contributed by atoms with Crippen LogP contribution in [0.3, 0.4) is 0 Å². The summed E-state index contributed by atoms with van der Waals surface area (Å²) in [5.41, 5.74) is 0. The van der Waals surface area contributed by atoms with Gasteiger partial charge in [-0.25, -0.2) is 0 Å². The minimum absolute atomic E-state index is 0.0333. The van der Waals surface area contributed by atoms with Gasteiger partial charge in [-0.3, -0.25) is 4.79 Å². The fourth-order valence-corrected chi connectivity index (χ4v) is 4.21. The first-order valence-electron chi connectivity index (χ1n) is 17.1. The Morgan fingerprint density at radius 1 is 0.521 bits per heavy atom. The number of nitrogens with one attached hydrogen (secondary N) is 1. The monoisotopic (exact) mass is 737 g/mol. The Morgan fingerprint density at radius 2 is 0.854 bits per heavy atom. The van der Waals surface area contributed by atoms with Crippen molar-refractivity contribution in [3.05, 3.63) is 0 Å². The molecule has 15 nitrogen and oxygen atoms in total. The molecule has 0 radical (unpaired) electrons. The number of carbonyl (C=O) groups excluding carboxylic acids is 1. The van der Waals surface area contributed by atoms with Crippen molar-refractivity contribution in [2.45, 2.75) is 45.4 Å². The Balaban J connectivity index is 3.15. The fourth-order valence-electron chi connectivity index (χ4n) is 3.52. The lowest BCUT2D eigenvalue weighted by atomic mass is 10.2. The first-order chi connectivity index (χ1) is 23.5. The maximum atomic E-state index is 11.8. The van der Waals surface area contributed by atoms with Gasteiger partial charge in [0.05, 0.1) is 132 Å². The molecule has 0 heterocycles. The summed E-state index contributed by atoms with van der Waals surface area (Å²) in [6.45, 7) is 10.3. The lowest BCUT2D eigenvalue weighted by molar-refractivity contribution is -0.122. The molecule has 1 amide bonds.